The molecule has 1 heterocycles. The maximum atomic E-state index is 2.26. The van der Waals surface area contributed by atoms with Gasteiger partial charge in [-0.15, -0.1) is 26.9 Å². The van der Waals surface area contributed by atoms with Gasteiger partial charge >= 0.3 is 15.2 Å². The summed E-state index contributed by atoms with van der Waals surface area (Å²) >= 11 is 0.182. The van der Waals surface area contributed by atoms with Crippen molar-refractivity contribution in [3.63, 3.8) is 0 Å². The Kier molecular flexibility index (Phi) is 3.98. The van der Waals surface area contributed by atoms with Gasteiger partial charge in [0.1, 0.15) is 0 Å². The monoisotopic (exact) mass is 160 g/mol. The third-order valence-corrected chi connectivity index (χ3v) is 1.74. The van der Waals surface area contributed by atoms with E-state index in [-0.39, 0.29) is 32.2 Å². The largest absolute Gasteiger partial charge is 0.302 e. The second-order valence-electron chi connectivity index (χ2n) is 1.09. The normalized spacial score (nSPS) is 13.3. The molecule has 0 nitrogen and oxygen atoms in total. The summed E-state index contributed by atoms with van der Waals surface area (Å²) < 4.78 is 0. The first-order valence-electron chi connectivity index (χ1n) is 1.82. The van der Waals surface area contributed by atoms with E-state index in [1.807, 2.05) is 0 Å². The van der Waals surface area contributed by atoms with E-state index in [0.29, 0.717) is 0 Å². The van der Waals surface area contributed by atoms with Crippen LogP contribution in [0.15, 0.2) is 22.0 Å². The molecule has 0 fully saturated rings. The number of hydrogen-bond donors (Lipinski definition) is 0. The lowest BCUT2D eigenvalue weighted by atomic mass is 10.6. The van der Waals surface area contributed by atoms with E-state index in [0.717, 1.165) is 0 Å². The Hall–Kier alpha value is 0.492. The molecule has 2 heteroatoms. The van der Waals surface area contributed by atoms with Crippen LogP contribution in [0.3, 0.4) is 0 Å². The van der Waals surface area contributed by atoms with Crippen LogP contribution >= 0.6 is 17.0 Å². The van der Waals surface area contributed by atoms with E-state index in [1.165, 1.54) is 0 Å². The lowest BCUT2D eigenvalue weighted by Crippen LogP contribution is -1.63. The highest BCUT2D eigenvalue weighted by molar-refractivity contribution is 8.93. The molecule has 0 aliphatic carbocycles. The first-order chi connectivity index (χ1) is 2.50. The molecule has 0 saturated heterocycles. The molecule has 32 valence electrons. The summed E-state index contributed by atoms with van der Waals surface area (Å²) in [6, 6.07) is 0. The Morgan fingerprint density at radius 1 is 1.00 bits per heavy atom. The van der Waals surface area contributed by atoms with Crippen molar-refractivity contribution in [2.45, 2.75) is 0 Å². The molecule has 0 aromatic heterocycles. The fourth-order valence-corrected chi connectivity index (χ4v) is 1.18. The fourth-order valence-electron chi connectivity index (χ4n) is 0.393. The Bertz CT molecular complexity index is 65.6. The molecule has 0 N–H and O–H groups in total. The molecule has 0 saturated carbocycles. The van der Waals surface area contributed by atoms with E-state index in [2.05, 4.69) is 22.0 Å². The minimum Gasteiger partial charge on any atom is -0.144 e. The minimum absolute atomic E-state index is 0. The van der Waals surface area contributed by atoms with Gasteiger partial charge in [-0.05, 0) is 0 Å². The van der Waals surface area contributed by atoms with Crippen molar-refractivity contribution in [1.29, 1.82) is 0 Å². The lowest BCUT2D eigenvalue weighted by molar-refractivity contribution is 2.15. The van der Waals surface area contributed by atoms with Crippen LogP contribution in [0.1, 0.15) is 0 Å². The van der Waals surface area contributed by atoms with E-state index >= 15 is 0 Å². The number of hydrogen-bond acceptors (Lipinski definition) is 0. The molecular formula is C4H6AlBr. The van der Waals surface area contributed by atoms with Crippen molar-refractivity contribution in [3.05, 3.63) is 22.0 Å². The maximum absolute atomic E-state index is 2.26. The zero-order chi connectivity index (χ0) is 3.54. The van der Waals surface area contributed by atoms with Crippen molar-refractivity contribution in [2.24, 2.45) is 0 Å². The molecule has 0 atom stereocenters. The van der Waals surface area contributed by atoms with Crippen LogP contribution in [-0.2, 0) is 0 Å². The third-order valence-electron chi connectivity index (χ3n) is 0.655. The summed E-state index contributed by atoms with van der Waals surface area (Å²) in [6.45, 7) is 0. The topological polar surface area (TPSA) is 0 Å². The number of rotatable bonds is 0. The quantitative estimate of drug-likeness (QED) is 0.465. The molecule has 0 spiro atoms. The van der Waals surface area contributed by atoms with Gasteiger partial charge in [0, 0.05) is 0 Å². The average molecular weight is 161 g/mol. The van der Waals surface area contributed by atoms with E-state index in [9.17, 15) is 0 Å². The van der Waals surface area contributed by atoms with Crippen molar-refractivity contribution in [2.75, 3.05) is 0 Å². The van der Waals surface area contributed by atoms with Crippen molar-refractivity contribution < 1.29 is 0 Å². The zero-order valence-electron chi connectivity index (χ0n) is 3.42. The van der Waals surface area contributed by atoms with Gasteiger partial charge in [0.2, 0.25) is 0 Å². The summed E-state index contributed by atoms with van der Waals surface area (Å²) in [7, 11) is 0. The van der Waals surface area contributed by atoms with Gasteiger partial charge in [0.15, 0.2) is 0 Å². The summed E-state index contributed by atoms with van der Waals surface area (Å²) in [6.07, 6.45) is 4.23. The molecule has 0 aromatic carbocycles. The first-order valence-corrected chi connectivity index (χ1v) is 3.45. The Labute approximate surface area is 54.4 Å². The van der Waals surface area contributed by atoms with E-state index in [1.54, 1.807) is 0 Å². The summed E-state index contributed by atoms with van der Waals surface area (Å²) in [5, 5.41) is 0. The fraction of sp³-hybridized carbons (Fsp3) is 0. The van der Waals surface area contributed by atoms with Crippen LogP contribution < -0.4 is 0 Å². The molecule has 0 amide bonds. The highest BCUT2D eigenvalue weighted by Crippen LogP contribution is 1.82. The van der Waals surface area contributed by atoms with Crippen LogP contribution in [0.25, 0.3) is 0 Å². The second-order valence-corrected chi connectivity index (χ2v) is 2.51. The first kappa shape index (κ1) is 6.49. The van der Waals surface area contributed by atoms with Crippen molar-refractivity contribution in [1.82, 2.24) is 0 Å². The van der Waals surface area contributed by atoms with Crippen molar-refractivity contribution in [3.8, 4) is 0 Å². The summed E-state index contributed by atoms with van der Waals surface area (Å²) in [5.74, 6) is 0. The Morgan fingerprint density at radius 3 is 1.67 bits per heavy atom. The molecule has 0 radical (unpaired) electrons. The SMILES string of the molecule is Br.C1=[CH][AlH][CH]=C1. The average Bonchev–Trinajstić information content (AvgIpc) is 1.76. The van der Waals surface area contributed by atoms with Gasteiger partial charge in [-0.2, -0.15) is 0 Å². The smallest absolute Gasteiger partial charge is 0.144 e. The zero-order valence-corrected chi connectivity index (χ0v) is 6.55. The maximum Gasteiger partial charge on any atom is 0.302 e. The van der Waals surface area contributed by atoms with Gasteiger partial charge in [-0.3, -0.25) is 0 Å². The van der Waals surface area contributed by atoms with E-state index in [4.69, 9.17) is 0 Å². The molecule has 0 unspecified atom stereocenters. The van der Waals surface area contributed by atoms with Crippen LogP contribution in [0.2, 0.25) is 0 Å². The molecule has 1 aliphatic heterocycles. The van der Waals surface area contributed by atoms with Crippen LogP contribution in [-0.4, -0.2) is 15.2 Å². The molecule has 0 bridgehead atoms. The minimum atomic E-state index is 0. The van der Waals surface area contributed by atoms with Crippen LogP contribution in [0.4, 0.5) is 0 Å². The second kappa shape index (κ2) is 3.67. The van der Waals surface area contributed by atoms with Crippen LogP contribution in [0, 0.1) is 0 Å². The molecule has 6 heavy (non-hydrogen) atoms. The van der Waals surface area contributed by atoms with Gasteiger partial charge in [-0.25, -0.2) is 0 Å². The predicted octanol–water partition coefficient (Wildman–Crippen LogP) is 1.04. The van der Waals surface area contributed by atoms with Gasteiger partial charge in [0.05, 0.1) is 0 Å². The summed E-state index contributed by atoms with van der Waals surface area (Å²) in [4.78, 5) is 4.53. The summed E-state index contributed by atoms with van der Waals surface area (Å²) in [5.41, 5.74) is 0. The van der Waals surface area contributed by atoms with Gasteiger partial charge in [0.25, 0.3) is 0 Å². The van der Waals surface area contributed by atoms with E-state index < -0.39 is 0 Å². The van der Waals surface area contributed by atoms with Gasteiger partial charge < -0.3 is 0 Å². The molecular weight excluding hydrogens is 155 g/mol. The highest BCUT2D eigenvalue weighted by Gasteiger charge is 1.79. The standard InChI is InChI=1S/C4H4.Al.BrH.H/c1-3-4-2;;;/h1-4H;;1H;. The Balaban J connectivity index is 0.000000250. The van der Waals surface area contributed by atoms with Crippen LogP contribution in [0.5, 0.6) is 0 Å². The molecule has 0 aromatic rings. The lowest BCUT2D eigenvalue weighted by Gasteiger charge is -1.48. The van der Waals surface area contributed by atoms with Crippen molar-refractivity contribution >= 4 is 32.2 Å². The highest BCUT2D eigenvalue weighted by atomic mass is 79.9. The number of allylic oxidation sites excluding steroid dienone is 2. The molecule has 1 rings (SSSR count). The number of halogens is 1. The predicted molar refractivity (Wildman–Crippen MR) is 35.8 cm³/mol. The molecule has 1 aliphatic rings. The third kappa shape index (κ3) is 1.82. The van der Waals surface area contributed by atoms with Gasteiger partial charge in [-0.1, -0.05) is 12.2 Å². The Morgan fingerprint density at radius 2 is 1.50 bits per heavy atom.